The second-order valence-corrected chi connectivity index (χ2v) is 6.01. The van der Waals surface area contributed by atoms with Crippen LogP contribution in [0.5, 0.6) is 0 Å². The van der Waals surface area contributed by atoms with E-state index in [2.05, 4.69) is 17.3 Å². The molecule has 0 aliphatic rings. The lowest BCUT2D eigenvalue weighted by molar-refractivity contribution is 0.101. The fourth-order valence-corrected chi connectivity index (χ4v) is 2.77. The zero-order chi connectivity index (χ0) is 15.4. The Labute approximate surface area is 128 Å². The van der Waals surface area contributed by atoms with Gasteiger partial charge in [0.25, 0.3) is 5.91 Å². The number of anilines is 2. The number of hydrogen-bond acceptors (Lipinski definition) is 4. The van der Waals surface area contributed by atoms with Crippen LogP contribution in [0.1, 0.15) is 29.5 Å². The van der Waals surface area contributed by atoms with E-state index in [4.69, 9.17) is 5.73 Å². The SMILES string of the molecule is CCCSc1ccc(N)c(NC(=O)c2cc(C)nn2C)c1. The predicted octanol–water partition coefficient (Wildman–Crippen LogP) is 3.07. The number of nitrogens with one attached hydrogen (secondary N) is 1. The largest absolute Gasteiger partial charge is 0.397 e. The molecule has 0 atom stereocenters. The van der Waals surface area contributed by atoms with Gasteiger partial charge < -0.3 is 11.1 Å². The van der Waals surface area contributed by atoms with Gasteiger partial charge >= 0.3 is 0 Å². The molecule has 0 unspecified atom stereocenters. The first-order valence-electron chi connectivity index (χ1n) is 6.85. The van der Waals surface area contributed by atoms with Crippen molar-refractivity contribution in [2.45, 2.75) is 25.2 Å². The number of hydrogen-bond donors (Lipinski definition) is 2. The third-order valence-corrected chi connectivity index (χ3v) is 4.18. The maximum absolute atomic E-state index is 12.3. The number of rotatable bonds is 5. The maximum atomic E-state index is 12.3. The van der Waals surface area contributed by atoms with E-state index in [0.29, 0.717) is 17.1 Å². The van der Waals surface area contributed by atoms with Crippen molar-refractivity contribution < 1.29 is 4.79 Å². The fraction of sp³-hybridized carbons (Fsp3) is 0.333. The zero-order valence-corrected chi connectivity index (χ0v) is 13.3. The number of amides is 1. The van der Waals surface area contributed by atoms with Crippen LogP contribution in [0.25, 0.3) is 0 Å². The molecule has 1 heterocycles. The van der Waals surface area contributed by atoms with Crippen molar-refractivity contribution in [3.8, 4) is 0 Å². The molecule has 2 rings (SSSR count). The van der Waals surface area contributed by atoms with Gasteiger partial charge in [0.1, 0.15) is 5.69 Å². The molecule has 1 amide bonds. The molecule has 6 heteroatoms. The van der Waals surface area contributed by atoms with E-state index in [-0.39, 0.29) is 5.91 Å². The molecule has 0 spiro atoms. The molecule has 0 bridgehead atoms. The van der Waals surface area contributed by atoms with Gasteiger partial charge in [-0.1, -0.05) is 6.92 Å². The first-order chi connectivity index (χ1) is 10.0. The van der Waals surface area contributed by atoms with Crippen LogP contribution >= 0.6 is 11.8 Å². The summed E-state index contributed by atoms with van der Waals surface area (Å²) in [5.41, 5.74) is 8.46. The van der Waals surface area contributed by atoms with Gasteiger partial charge in [-0.3, -0.25) is 9.48 Å². The minimum Gasteiger partial charge on any atom is -0.397 e. The van der Waals surface area contributed by atoms with Crippen LogP contribution < -0.4 is 11.1 Å². The zero-order valence-electron chi connectivity index (χ0n) is 12.5. The number of thioether (sulfide) groups is 1. The van der Waals surface area contributed by atoms with E-state index in [1.165, 1.54) is 0 Å². The van der Waals surface area contributed by atoms with Gasteiger partial charge in [-0.2, -0.15) is 5.10 Å². The number of carbonyl (C=O) groups excluding carboxylic acids is 1. The lowest BCUT2D eigenvalue weighted by atomic mass is 10.2. The van der Waals surface area contributed by atoms with Crippen molar-refractivity contribution in [3.63, 3.8) is 0 Å². The Hall–Kier alpha value is -1.95. The van der Waals surface area contributed by atoms with Crippen LogP contribution in [-0.2, 0) is 7.05 Å². The quantitative estimate of drug-likeness (QED) is 0.658. The summed E-state index contributed by atoms with van der Waals surface area (Å²) in [6.45, 7) is 3.99. The lowest BCUT2D eigenvalue weighted by Gasteiger charge is -2.10. The van der Waals surface area contributed by atoms with Crippen LogP contribution in [0.2, 0.25) is 0 Å². The first-order valence-corrected chi connectivity index (χ1v) is 7.84. The Bertz CT molecular complexity index is 651. The summed E-state index contributed by atoms with van der Waals surface area (Å²) in [4.78, 5) is 13.4. The molecule has 1 aromatic carbocycles. The molecule has 0 aliphatic heterocycles. The minimum absolute atomic E-state index is 0.206. The molecule has 0 fully saturated rings. The average molecular weight is 304 g/mol. The normalized spacial score (nSPS) is 10.6. The van der Waals surface area contributed by atoms with E-state index < -0.39 is 0 Å². The van der Waals surface area contributed by atoms with Crippen molar-refractivity contribution in [1.29, 1.82) is 0 Å². The van der Waals surface area contributed by atoms with Gasteiger partial charge in [0.15, 0.2) is 0 Å². The van der Waals surface area contributed by atoms with Crippen molar-refractivity contribution in [3.05, 3.63) is 35.7 Å². The molecule has 3 N–H and O–H groups in total. The summed E-state index contributed by atoms with van der Waals surface area (Å²) in [7, 11) is 1.75. The Balaban J connectivity index is 2.18. The van der Waals surface area contributed by atoms with E-state index >= 15 is 0 Å². The second-order valence-electron chi connectivity index (χ2n) is 4.85. The number of nitrogens with zero attached hydrogens (tertiary/aromatic N) is 2. The van der Waals surface area contributed by atoms with Gasteiger partial charge in [-0.15, -0.1) is 11.8 Å². The molecule has 2 aromatic rings. The number of carbonyl (C=O) groups is 1. The van der Waals surface area contributed by atoms with Gasteiger partial charge in [0, 0.05) is 11.9 Å². The number of nitrogen functional groups attached to an aromatic ring is 1. The van der Waals surface area contributed by atoms with Crippen LogP contribution in [0, 0.1) is 6.92 Å². The van der Waals surface area contributed by atoms with Crippen molar-refractivity contribution in [2.24, 2.45) is 7.05 Å². The number of aromatic nitrogens is 2. The maximum Gasteiger partial charge on any atom is 0.273 e. The standard InChI is InChI=1S/C15H20N4OS/c1-4-7-21-11-5-6-12(16)13(9-11)17-15(20)14-8-10(2)18-19(14)3/h5-6,8-9H,4,7,16H2,1-3H3,(H,17,20). The number of aryl methyl sites for hydroxylation is 2. The molecular formula is C15H20N4OS. The number of nitrogens with two attached hydrogens (primary N) is 1. The van der Waals surface area contributed by atoms with Crippen molar-refractivity contribution in [2.75, 3.05) is 16.8 Å². The smallest absolute Gasteiger partial charge is 0.273 e. The minimum atomic E-state index is -0.206. The molecule has 0 saturated carbocycles. The fourth-order valence-electron chi connectivity index (χ4n) is 1.96. The summed E-state index contributed by atoms with van der Waals surface area (Å²) in [5, 5.41) is 7.03. The highest BCUT2D eigenvalue weighted by atomic mass is 32.2. The second kappa shape index (κ2) is 6.67. The summed E-state index contributed by atoms with van der Waals surface area (Å²) >= 11 is 1.75. The topological polar surface area (TPSA) is 72.9 Å². The summed E-state index contributed by atoms with van der Waals surface area (Å²) in [6, 6.07) is 7.46. The monoisotopic (exact) mass is 304 g/mol. The van der Waals surface area contributed by atoms with Gasteiger partial charge in [0.2, 0.25) is 0 Å². The molecular weight excluding hydrogens is 284 g/mol. The van der Waals surface area contributed by atoms with E-state index in [9.17, 15) is 4.79 Å². The summed E-state index contributed by atoms with van der Waals surface area (Å²) < 4.78 is 1.57. The van der Waals surface area contributed by atoms with E-state index in [1.807, 2.05) is 25.1 Å². The Morgan fingerprint density at radius 3 is 2.81 bits per heavy atom. The van der Waals surface area contributed by atoms with Crippen LogP contribution in [-0.4, -0.2) is 21.4 Å². The van der Waals surface area contributed by atoms with Gasteiger partial charge in [-0.05, 0) is 43.4 Å². The number of benzene rings is 1. The van der Waals surface area contributed by atoms with E-state index in [0.717, 1.165) is 22.8 Å². The molecule has 0 saturated heterocycles. The highest BCUT2D eigenvalue weighted by Crippen LogP contribution is 2.27. The van der Waals surface area contributed by atoms with E-state index in [1.54, 1.807) is 29.6 Å². The predicted molar refractivity (Wildman–Crippen MR) is 87.8 cm³/mol. The van der Waals surface area contributed by atoms with Gasteiger partial charge in [0.05, 0.1) is 17.1 Å². The Morgan fingerprint density at radius 1 is 1.43 bits per heavy atom. The highest BCUT2D eigenvalue weighted by molar-refractivity contribution is 7.99. The highest BCUT2D eigenvalue weighted by Gasteiger charge is 2.13. The molecule has 21 heavy (non-hydrogen) atoms. The third-order valence-electron chi connectivity index (χ3n) is 2.98. The molecule has 112 valence electrons. The summed E-state index contributed by atoms with van der Waals surface area (Å²) in [5.74, 6) is 0.834. The molecule has 1 aromatic heterocycles. The molecule has 5 nitrogen and oxygen atoms in total. The van der Waals surface area contributed by atoms with Crippen LogP contribution in [0.3, 0.4) is 0 Å². The van der Waals surface area contributed by atoms with Crippen molar-refractivity contribution >= 4 is 29.0 Å². The van der Waals surface area contributed by atoms with Crippen molar-refractivity contribution in [1.82, 2.24) is 9.78 Å². The third kappa shape index (κ3) is 3.78. The van der Waals surface area contributed by atoms with Crippen LogP contribution in [0.4, 0.5) is 11.4 Å². The van der Waals surface area contributed by atoms with Crippen LogP contribution in [0.15, 0.2) is 29.2 Å². The Morgan fingerprint density at radius 2 is 2.19 bits per heavy atom. The summed E-state index contributed by atoms with van der Waals surface area (Å²) in [6.07, 6.45) is 1.10. The molecule has 0 radical (unpaired) electrons. The molecule has 0 aliphatic carbocycles. The first kappa shape index (κ1) is 15.4. The average Bonchev–Trinajstić information content (AvgIpc) is 2.78. The lowest BCUT2D eigenvalue weighted by Crippen LogP contribution is -2.17. The Kier molecular flexibility index (Phi) is 4.90. The van der Waals surface area contributed by atoms with Gasteiger partial charge in [-0.25, -0.2) is 0 Å².